The quantitative estimate of drug-likeness (QED) is 0.839. The van der Waals surface area contributed by atoms with Gasteiger partial charge in [-0.2, -0.15) is 13.2 Å². The summed E-state index contributed by atoms with van der Waals surface area (Å²) in [6.07, 6.45) is -4.98. The van der Waals surface area contributed by atoms with E-state index in [4.69, 9.17) is 11.6 Å². The average Bonchev–Trinajstić information content (AvgIpc) is 2.62. The number of hydrogen-bond acceptors (Lipinski definition) is 2. The van der Waals surface area contributed by atoms with E-state index in [0.717, 1.165) is 15.0 Å². The highest BCUT2D eigenvalue weighted by atomic mass is 35.5. The first kappa shape index (κ1) is 14.6. The molecule has 1 nitrogen and oxygen atoms in total. The van der Waals surface area contributed by atoms with Crippen LogP contribution >= 0.6 is 22.9 Å². The molecule has 19 heavy (non-hydrogen) atoms. The molecule has 1 heterocycles. The SMILES string of the molecule is CC(CC(F)(F)F)NCc1sc2ccccc2c1Cl. The van der Waals surface area contributed by atoms with Gasteiger partial charge in [0, 0.05) is 27.5 Å². The Morgan fingerprint density at radius 2 is 2.00 bits per heavy atom. The number of alkyl halides is 3. The van der Waals surface area contributed by atoms with Crippen molar-refractivity contribution in [3.05, 3.63) is 34.2 Å². The van der Waals surface area contributed by atoms with Crippen molar-refractivity contribution in [1.29, 1.82) is 0 Å². The molecular formula is C13H13ClF3NS. The van der Waals surface area contributed by atoms with Crippen molar-refractivity contribution in [1.82, 2.24) is 5.32 Å². The lowest BCUT2D eigenvalue weighted by Gasteiger charge is -2.15. The molecule has 1 atom stereocenters. The molecule has 0 aliphatic rings. The van der Waals surface area contributed by atoms with Gasteiger partial charge in [-0.05, 0) is 13.0 Å². The van der Waals surface area contributed by atoms with Crippen LogP contribution < -0.4 is 5.32 Å². The highest BCUT2D eigenvalue weighted by Gasteiger charge is 2.29. The van der Waals surface area contributed by atoms with Gasteiger partial charge in [0.1, 0.15) is 0 Å². The van der Waals surface area contributed by atoms with Crippen molar-refractivity contribution < 1.29 is 13.2 Å². The van der Waals surface area contributed by atoms with Gasteiger partial charge in [0.15, 0.2) is 0 Å². The Balaban J connectivity index is 2.04. The zero-order valence-corrected chi connectivity index (χ0v) is 11.8. The number of rotatable bonds is 4. The Hall–Kier alpha value is -0.780. The summed E-state index contributed by atoms with van der Waals surface area (Å²) in [6.45, 7) is 1.88. The van der Waals surface area contributed by atoms with E-state index in [9.17, 15) is 13.2 Å². The van der Waals surface area contributed by atoms with E-state index in [1.54, 1.807) is 0 Å². The van der Waals surface area contributed by atoms with Gasteiger partial charge in [-0.1, -0.05) is 29.8 Å². The summed E-state index contributed by atoms with van der Waals surface area (Å²) in [6, 6.07) is 7.05. The maximum Gasteiger partial charge on any atom is 0.390 e. The van der Waals surface area contributed by atoms with Crippen molar-refractivity contribution in [3.63, 3.8) is 0 Å². The highest BCUT2D eigenvalue weighted by molar-refractivity contribution is 7.19. The van der Waals surface area contributed by atoms with Crippen molar-refractivity contribution in [2.24, 2.45) is 0 Å². The first-order valence-electron chi connectivity index (χ1n) is 5.83. The molecule has 0 aliphatic heterocycles. The molecule has 0 saturated heterocycles. The Morgan fingerprint density at radius 1 is 1.32 bits per heavy atom. The van der Waals surface area contributed by atoms with Crippen LogP contribution in [0.1, 0.15) is 18.2 Å². The summed E-state index contributed by atoms with van der Waals surface area (Å²) in [7, 11) is 0. The third-order valence-corrected chi connectivity index (χ3v) is 4.46. The molecule has 6 heteroatoms. The molecule has 2 rings (SSSR count). The van der Waals surface area contributed by atoms with Crippen molar-refractivity contribution in [3.8, 4) is 0 Å². The second-order valence-corrected chi connectivity index (χ2v) is 5.95. The minimum Gasteiger partial charge on any atom is -0.309 e. The zero-order valence-electron chi connectivity index (χ0n) is 10.2. The number of halogens is 4. The molecule has 1 unspecified atom stereocenters. The minimum absolute atomic E-state index is 0.357. The monoisotopic (exact) mass is 307 g/mol. The van der Waals surface area contributed by atoms with Crippen molar-refractivity contribution in [2.75, 3.05) is 0 Å². The van der Waals surface area contributed by atoms with Crippen LogP contribution in [0.5, 0.6) is 0 Å². The van der Waals surface area contributed by atoms with Gasteiger partial charge in [0.05, 0.1) is 11.4 Å². The van der Waals surface area contributed by atoms with E-state index in [1.807, 2.05) is 24.3 Å². The molecule has 0 spiro atoms. The lowest BCUT2D eigenvalue weighted by atomic mass is 10.2. The summed E-state index contributed by atoms with van der Waals surface area (Å²) in [4.78, 5) is 0.872. The molecule has 0 saturated carbocycles. The van der Waals surface area contributed by atoms with Gasteiger partial charge < -0.3 is 5.32 Å². The van der Waals surface area contributed by atoms with E-state index >= 15 is 0 Å². The van der Waals surface area contributed by atoms with Crippen LogP contribution in [-0.2, 0) is 6.54 Å². The van der Waals surface area contributed by atoms with E-state index in [-0.39, 0.29) is 0 Å². The van der Waals surface area contributed by atoms with Crippen LogP contribution in [0.2, 0.25) is 5.02 Å². The van der Waals surface area contributed by atoms with Crippen molar-refractivity contribution >= 4 is 33.0 Å². The molecular weight excluding hydrogens is 295 g/mol. The van der Waals surface area contributed by atoms with Crippen LogP contribution in [0.15, 0.2) is 24.3 Å². The first-order valence-corrected chi connectivity index (χ1v) is 7.02. The maximum absolute atomic E-state index is 12.2. The number of nitrogens with one attached hydrogen (secondary N) is 1. The van der Waals surface area contributed by atoms with Gasteiger partial charge in [-0.25, -0.2) is 0 Å². The predicted molar refractivity (Wildman–Crippen MR) is 73.8 cm³/mol. The third kappa shape index (κ3) is 3.84. The maximum atomic E-state index is 12.2. The van der Waals surface area contributed by atoms with Gasteiger partial charge >= 0.3 is 6.18 Å². The minimum atomic E-state index is -4.14. The largest absolute Gasteiger partial charge is 0.390 e. The van der Waals surface area contributed by atoms with E-state index < -0.39 is 18.6 Å². The molecule has 104 valence electrons. The van der Waals surface area contributed by atoms with Crippen molar-refractivity contribution in [2.45, 2.75) is 32.1 Å². The van der Waals surface area contributed by atoms with Crippen LogP contribution in [0.25, 0.3) is 10.1 Å². The van der Waals surface area contributed by atoms with Crippen LogP contribution in [0.4, 0.5) is 13.2 Å². The third-order valence-electron chi connectivity index (χ3n) is 2.75. The van der Waals surface area contributed by atoms with Crippen LogP contribution in [0.3, 0.4) is 0 Å². The molecule has 0 bridgehead atoms. The molecule has 1 aromatic carbocycles. The smallest absolute Gasteiger partial charge is 0.309 e. The predicted octanol–water partition coefficient (Wildman–Crippen LogP) is 4.99. The van der Waals surface area contributed by atoms with Gasteiger partial charge in [0.25, 0.3) is 0 Å². The molecule has 0 aliphatic carbocycles. The van der Waals surface area contributed by atoms with E-state index in [0.29, 0.717) is 11.6 Å². The highest BCUT2D eigenvalue weighted by Crippen LogP contribution is 2.35. The average molecular weight is 308 g/mol. The Morgan fingerprint density at radius 3 is 2.63 bits per heavy atom. The molecule has 0 amide bonds. The normalized spacial score (nSPS) is 13.9. The van der Waals surface area contributed by atoms with E-state index in [1.165, 1.54) is 18.3 Å². The zero-order chi connectivity index (χ0) is 14.0. The topological polar surface area (TPSA) is 12.0 Å². The molecule has 0 radical (unpaired) electrons. The van der Waals surface area contributed by atoms with Crippen LogP contribution in [0, 0.1) is 0 Å². The lowest BCUT2D eigenvalue weighted by Crippen LogP contribution is -2.30. The molecule has 1 aromatic heterocycles. The van der Waals surface area contributed by atoms with E-state index in [2.05, 4.69) is 5.32 Å². The summed E-state index contributed by atoms with van der Waals surface area (Å²) in [5, 5.41) is 4.45. The standard InChI is InChI=1S/C13H13ClF3NS/c1-8(6-13(15,16)17)18-7-11-12(14)9-4-2-3-5-10(9)19-11/h2-5,8,18H,6-7H2,1H3. The molecule has 0 fully saturated rings. The summed E-state index contributed by atoms with van der Waals surface area (Å²) in [5.74, 6) is 0. The number of fused-ring (bicyclic) bond motifs is 1. The lowest BCUT2D eigenvalue weighted by molar-refractivity contribution is -0.139. The Kier molecular flexibility index (Phi) is 4.38. The summed E-state index contributed by atoms with van der Waals surface area (Å²) in [5.41, 5.74) is 0. The Labute approximate surface area is 118 Å². The fourth-order valence-electron chi connectivity index (χ4n) is 1.86. The van der Waals surface area contributed by atoms with Gasteiger partial charge in [0.2, 0.25) is 0 Å². The fourth-order valence-corrected chi connectivity index (χ4v) is 3.32. The second-order valence-electron chi connectivity index (χ2n) is 4.44. The number of thiophene rings is 1. The fraction of sp³-hybridized carbons (Fsp3) is 0.385. The first-order chi connectivity index (χ1) is 8.87. The molecule has 2 aromatic rings. The second kappa shape index (κ2) is 5.69. The number of benzene rings is 1. The van der Waals surface area contributed by atoms with Crippen LogP contribution in [-0.4, -0.2) is 12.2 Å². The number of hydrogen-bond donors (Lipinski definition) is 1. The van der Waals surface area contributed by atoms with Gasteiger partial charge in [-0.15, -0.1) is 11.3 Å². The Bertz CT molecular complexity index is 565. The molecule has 1 N–H and O–H groups in total. The van der Waals surface area contributed by atoms with Gasteiger partial charge in [-0.3, -0.25) is 0 Å². The summed E-state index contributed by atoms with van der Waals surface area (Å²) >= 11 is 7.73. The summed E-state index contributed by atoms with van der Waals surface area (Å²) < 4.78 is 37.7.